The van der Waals surface area contributed by atoms with Crippen LogP contribution in [0.25, 0.3) is 0 Å². The highest BCUT2D eigenvalue weighted by atomic mass is 127. The normalized spacial score (nSPS) is 15.8. The minimum atomic E-state index is 0. The van der Waals surface area contributed by atoms with Gasteiger partial charge in [-0.2, -0.15) is 0 Å². The number of nitrogens with zero attached hydrogens (tertiary/aromatic N) is 3. The third-order valence-corrected chi connectivity index (χ3v) is 6.42. The van der Waals surface area contributed by atoms with E-state index in [4.69, 9.17) is 4.99 Å². The summed E-state index contributed by atoms with van der Waals surface area (Å²) in [4.78, 5) is 9.34. The van der Waals surface area contributed by atoms with Crippen molar-refractivity contribution in [3.05, 3.63) is 54.1 Å². The fraction of sp³-hybridized carbons (Fsp3) is 0.600. The lowest BCUT2D eigenvalue weighted by Crippen LogP contribution is -2.45. The lowest BCUT2D eigenvalue weighted by molar-refractivity contribution is 0.131. The summed E-state index contributed by atoms with van der Waals surface area (Å²) >= 11 is 0. The molecule has 1 heterocycles. The molecule has 0 amide bonds. The lowest BCUT2D eigenvalue weighted by Gasteiger charge is -2.37. The highest BCUT2D eigenvalue weighted by Gasteiger charge is 2.31. The van der Waals surface area contributed by atoms with E-state index in [-0.39, 0.29) is 36.0 Å². The molecular formula is C25H40IN5O. The van der Waals surface area contributed by atoms with Gasteiger partial charge in [-0.3, -0.25) is 0 Å². The first-order valence-electron chi connectivity index (χ1n) is 11.9. The Morgan fingerprint density at radius 2 is 1.94 bits per heavy atom. The van der Waals surface area contributed by atoms with Crippen LogP contribution in [0.15, 0.2) is 47.7 Å². The zero-order valence-electron chi connectivity index (χ0n) is 19.4. The summed E-state index contributed by atoms with van der Waals surface area (Å²) in [6.45, 7) is 5.54. The molecule has 1 aromatic heterocycles. The average Bonchev–Trinajstić information content (AvgIpc) is 3.25. The summed E-state index contributed by atoms with van der Waals surface area (Å²) in [6.07, 6.45) is 13.1. The molecule has 0 spiro atoms. The van der Waals surface area contributed by atoms with Crippen molar-refractivity contribution in [2.75, 3.05) is 19.7 Å². The Morgan fingerprint density at radius 1 is 1.16 bits per heavy atom. The van der Waals surface area contributed by atoms with Crippen molar-refractivity contribution in [1.82, 2.24) is 20.2 Å². The van der Waals surface area contributed by atoms with E-state index >= 15 is 0 Å². The number of benzene rings is 1. The molecule has 1 fully saturated rings. The molecule has 1 saturated carbocycles. The Hall–Kier alpha value is -1.61. The average molecular weight is 554 g/mol. The van der Waals surface area contributed by atoms with Gasteiger partial charge in [-0.15, -0.1) is 24.0 Å². The van der Waals surface area contributed by atoms with Gasteiger partial charge in [0, 0.05) is 38.6 Å². The molecule has 178 valence electrons. The molecule has 2 aromatic rings. The molecule has 32 heavy (non-hydrogen) atoms. The molecule has 0 atom stereocenters. The molecule has 1 aliphatic rings. The number of hydrogen-bond acceptors (Lipinski definition) is 3. The molecule has 0 unspecified atom stereocenters. The summed E-state index contributed by atoms with van der Waals surface area (Å²) in [6, 6.07) is 10.6. The highest BCUT2D eigenvalue weighted by Crippen LogP contribution is 2.38. The van der Waals surface area contributed by atoms with Gasteiger partial charge in [-0.25, -0.2) is 9.98 Å². The van der Waals surface area contributed by atoms with Gasteiger partial charge in [0.1, 0.15) is 12.4 Å². The topological polar surface area (TPSA) is 74.5 Å². The summed E-state index contributed by atoms with van der Waals surface area (Å²) in [5, 5.41) is 16.5. The summed E-state index contributed by atoms with van der Waals surface area (Å²) in [7, 11) is 0. The number of aryl methyl sites for hydroxylation is 2. The highest BCUT2D eigenvalue weighted by molar-refractivity contribution is 14.0. The van der Waals surface area contributed by atoms with Crippen LogP contribution in [0.2, 0.25) is 0 Å². The Labute approximate surface area is 210 Å². The maximum atomic E-state index is 9.57. The summed E-state index contributed by atoms with van der Waals surface area (Å²) < 4.78 is 2.21. The maximum Gasteiger partial charge on any atom is 0.191 e. The SMILES string of the molecule is CCNC(=NCc1nccn1CCCc1ccccc1)NCC1(CCO)CCCCC1.I. The van der Waals surface area contributed by atoms with Crippen LogP contribution in [0.1, 0.15) is 63.3 Å². The van der Waals surface area contributed by atoms with E-state index in [2.05, 4.69) is 63.6 Å². The standard InChI is InChI=1S/C25H39N5O.HI/c1-2-26-24(29-21-25(15-19-31)13-7-4-8-14-25)28-20-23-27-16-18-30(23)17-9-12-22-10-5-3-6-11-22;/h3,5-6,10-11,16,18,31H,2,4,7-9,12-15,17,19-21H2,1H3,(H2,26,28,29);1H. The quantitative estimate of drug-likeness (QED) is 0.217. The number of imidazole rings is 1. The number of halogens is 1. The molecular weight excluding hydrogens is 513 g/mol. The van der Waals surface area contributed by atoms with Gasteiger partial charge < -0.3 is 20.3 Å². The van der Waals surface area contributed by atoms with Crippen LogP contribution in [0.4, 0.5) is 0 Å². The van der Waals surface area contributed by atoms with Gasteiger partial charge in [0.15, 0.2) is 5.96 Å². The van der Waals surface area contributed by atoms with Crippen molar-refractivity contribution in [2.45, 2.75) is 71.4 Å². The monoisotopic (exact) mass is 553 g/mol. The second kappa shape index (κ2) is 14.5. The Kier molecular flexibility index (Phi) is 12.1. The number of nitrogens with one attached hydrogen (secondary N) is 2. The van der Waals surface area contributed by atoms with E-state index in [9.17, 15) is 5.11 Å². The lowest BCUT2D eigenvalue weighted by atomic mass is 9.72. The molecule has 3 rings (SSSR count). The van der Waals surface area contributed by atoms with Crippen molar-refractivity contribution in [3.8, 4) is 0 Å². The first kappa shape index (κ1) is 26.6. The minimum absolute atomic E-state index is 0. The van der Waals surface area contributed by atoms with E-state index in [0.29, 0.717) is 6.54 Å². The number of guanidine groups is 1. The van der Waals surface area contributed by atoms with Crippen molar-refractivity contribution < 1.29 is 5.11 Å². The van der Waals surface area contributed by atoms with Crippen molar-refractivity contribution in [1.29, 1.82) is 0 Å². The molecule has 0 saturated heterocycles. The van der Waals surface area contributed by atoms with Crippen LogP contribution in [-0.2, 0) is 19.5 Å². The van der Waals surface area contributed by atoms with Gasteiger partial charge in [-0.05, 0) is 50.0 Å². The van der Waals surface area contributed by atoms with Gasteiger partial charge in [0.05, 0.1) is 0 Å². The van der Waals surface area contributed by atoms with E-state index in [1.165, 1.54) is 37.7 Å². The van der Waals surface area contributed by atoms with E-state index < -0.39 is 0 Å². The summed E-state index contributed by atoms with van der Waals surface area (Å²) in [5.74, 6) is 1.83. The Morgan fingerprint density at radius 3 is 2.66 bits per heavy atom. The zero-order chi connectivity index (χ0) is 21.8. The molecule has 0 bridgehead atoms. The third-order valence-electron chi connectivity index (χ3n) is 6.42. The predicted octanol–water partition coefficient (Wildman–Crippen LogP) is 4.52. The molecule has 0 radical (unpaired) electrons. The van der Waals surface area contributed by atoms with Crippen LogP contribution < -0.4 is 10.6 Å². The zero-order valence-corrected chi connectivity index (χ0v) is 21.8. The van der Waals surface area contributed by atoms with Gasteiger partial charge in [-0.1, -0.05) is 49.6 Å². The molecule has 1 aromatic carbocycles. The smallest absolute Gasteiger partial charge is 0.191 e. The summed E-state index contributed by atoms with van der Waals surface area (Å²) in [5.41, 5.74) is 1.57. The largest absolute Gasteiger partial charge is 0.396 e. The molecule has 3 N–H and O–H groups in total. The van der Waals surface area contributed by atoms with Crippen LogP contribution in [0, 0.1) is 5.41 Å². The first-order chi connectivity index (χ1) is 15.2. The van der Waals surface area contributed by atoms with Crippen molar-refractivity contribution >= 4 is 29.9 Å². The van der Waals surface area contributed by atoms with Gasteiger partial charge in [0.25, 0.3) is 0 Å². The third kappa shape index (κ3) is 8.39. The second-order valence-corrected chi connectivity index (χ2v) is 8.71. The van der Waals surface area contributed by atoms with E-state index in [1.54, 1.807) is 0 Å². The number of aliphatic hydroxyl groups is 1. The van der Waals surface area contributed by atoms with Crippen LogP contribution in [0.5, 0.6) is 0 Å². The van der Waals surface area contributed by atoms with Crippen molar-refractivity contribution in [3.63, 3.8) is 0 Å². The predicted molar refractivity (Wildman–Crippen MR) is 142 cm³/mol. The first-order valence-corrected chi connectivity index (χ1v) is 11.9. The Balaban J connectivity index is 0.00000363. The molecule has 0 aliphatic heterocycles. The fourth-order valence-electron chi connectivity index (χ4n) is 4.61. The van der Waals surface area contributed by atoms with Gasteiger partial charge >= 0.3 is 0 Å². The number of rotatable bonds is 11. The van der Waals surface area contributed by atoms with E-state index in [1.807, 2.05) is 6.20 Å². The maximum absolute atomic E-state index is 9.57. The van der Waals surface area contributed by atoms with Crippen LogP contribution in [-0.4, -0.2) is 40.3 Å². The van der Waals surface area contributed by atoms with Gasteiger partial charge in [0.2, 0.25) is 0 Å². The van der Waals surface area contributed by atoms with E-state index in [0.717, 1.165) is 50.7 Å². The molecule has 1 aliphatic carbocycles. The van der Waals surface area contributed by atoms with Crippen molar-refractivity contribution in [2.24, 2.45) is 10.4 Å². The minimum Gasteiger partial charge on any atom is -0.396 e. The number of aliphatic imine (C=N–C) groups is 1. The number of aromatic nitrogens is 2. The second-order valence-electron chi connectivity index (χ2n) is 8.71. The number of aliphatic hydroxyl groups excluding tert-OH is 1. The van der Waals surface area contributed by atoms with Crippen LogP contribution in [0.3, 0.4) is 0 Å². The van der Waals surface area contributed by atoms with Crippen LogP contribution >= 0.6 is 24.0 Å². The Bertz CT molecular complexity index is 781. The fourth-order valence-corrected chi connectivity index (χ4v) is 4.61. The molecule has 7 heteroatoms. The number of hydrogen-bond donors (Lipinski definition) is 3. The molecule has 6 nitrogen and oxygen atoms in total.